The zero-order chi connectivity index (χ0) is 13.1. The van der Waals surface area contributed by atoms with E-state index < -0.39 is 11.8 Å². The molecule has 4 nitrogen and oxygen atoms in total. The molecule has 0 aromatic heterocycles. The van der Waals surface area contributed by atoms with Gasteiger partial charge in [0.1, 0.15) is 11.8 Å². The molecule has 0 aromatic carbocycles. The van der Waals surface area contributed by atoms with Crippen LogP contribution in [0.2, 0.25) is 0 Å². The minimum absolute atomic E-state index is 0.152. The van der Waals surface area contributed by atoms with Crippen molar-refractivity contribution in [3.8, 4) is 0 Å². The van der Waals surface area contributed by atoms with Crippen LogP contribution in [0.3, 0.4) is 0 Å². The number of ether oxygens (including phenoxy) is 1. The lowest BCUT2D eigenvalue weighted by Gasteiger charge is -2.35. The fourth-order valence-electron chi connectivity index (χ4n) is 1.98. The molecule has 1 fully saturated rings. The highest BCUT2D eigenvalue weighted by Crippen LogP contribution is 2.24. The van der Waals surface area contributed by atoms with Crippen LogP contribution in [0, 0.1) is 5.92 Å². The number of carbonyl (C=O) groups excluding carboxylic acids is 1. The van der Waals surface area contributed by atoms with Gasteiger partial charge >= 0.3 is 6.09 Å². The van der Waals surface area contributed by atoms with Gasteiger partial charge in [0.05, 0.1) is 0 Å². The molecular formula is C12H23FN2O2. The largest absolute Gasteiger partial charge is 0.444 e. The highest BCUT2D eigenvalue weighted by molar-refractivity contribution is 5.68. The maximum Gasteiger partial charge on any atom is 0.410 e. The molecule has 17 heavy (non-hydrogen) atoms. The number of alkyl halides is 1. The number of rotatable bonds is 2. The number of likely N-dealkylation sites (tertiary alicyclic amines) is 1. The van der Waals surface area contributed by atoms with Crippen molar-refractivity contribution in [3.05, 3.63) is 0 Å². The number of halogens is 1. The van der Waals surface area contributed by atoms with E-state index in [4.69, 9.17) is 10.5 Å². The van der Waals surface area contributed by atoms with E-state index in [0.717, 1.165) is 0 Å². The molecule has 1 amide bonds. The summed E-state index contributed by atoms with van der Waals surface area (Å²) in [7, 11) is 0. The molecule has 0 spiro atoms. The topological polar surface area (TPSA) is 55.6 Å². The maximum absolute atomic E-state index is 13.6. The Morgan fingerprint density at radius 3 is 2.71 bits per heavy atom. The van der Waals surface area contributed by atoms with Crippen molar-refractivity contribution in [2.24, 2.45) is 11.7 Å². The van der Waals surface area contributed by atoms with E-state index >= 15 is 0 Å². The van der Waals surface area contributed by atoms with E-state index in [2.05, 4.69) is 0 Å². The molecule has 0 aromatic rings. The summed E-state index contributed by atoms with van der Waals surface area (Å²) in [6.07, 6.45) is -0.214. The van der Waals surface area contributed by atoms with Crippen molar-refractivity contribution in [2.45, 2.75) is 45.4 Å². The van der Waals surface area contributed by atoms with E-state index in [1.807, 2.05) is 20.8 Å². The van der Waals surface area contributed by atoms with Gasteiger partial charge in [-0.2, -0.15) is 0 Å². The Hall–Kier alpha value is -0.840. The fraction of sp³-hybridized carbons (Fsp3) is 0.917. The number of nitrogens with zero attached hydrogens (tertiary/aromatic N) is 1. The smallest absolute Gasteiger partial charge is 0.410 e. The predicted octanol–water partition coefficient (Wildman–Crippen LogP) is 1.93. The lowest BCUT2D eigenvalue weighted by atomic mass is 9.93. The monoisotopic (exact) mass is 246 g/mol. The summed E-state index contributed by atoms with van der Waals surface area (Å²) >= 11 is 0. The van der Waals surface area contributed by atoms with Crippen molar-refractivity contribution >= 4 is 6.09 Å². The molecule has 1 aliphatic rings. The summed E-state index contributed by atoms with van der Waals surface area (Å²) in [5.74, 6) is -0.152. The van der Waals surface area contributed by atoms with E-state index in [-0.39, 0.29) is 12.0 Å². The van der Waals surface area contributed by atoms with Crippen LogP contribution in [0.1, 0.15) is 33.6 Å². The third-order valence-corrected chi connectivity index (χ3v) is 2.83. The first kappa shape index (κ1) is 14.2. The maximum atomic E-state index is 13.6. The van der Waals surface area contributed by atoms with Crippen LogP contribution in [0.4, 0.5) is 9.18 Å². The summed E-state index contributed by atoms with van der Waals surface area (Å²) < 4.78 is 18.8. The molecule has 1 aliphatic heterocycles. The summed E-state index contributed by atoms with van der Waals surface area (Å²) in [4.78, 5) is 13.4. The summed E-state index contributed by atoms with van der Waals surface area (Å²) in [6.45, 7) is 6.76. The Bertz CT molecular complexity index is 266. The number of hydrogen-bond donors (Lipinski definition) is 1. The second-order valence-corrected chi connectivity index (χ2v) is 5.57. The Labute approximate surface area is 102 Å². The predicted molar refractivity (Wildman–Crippen MR) is 64.5 cm³/mol. The highest BCUT2D eigenvalue weighted by atomic mass is 19.1. The van der Waals surface area contributed by atoms with Gasteiger partial charge in [-0.05, 0) is 40.2 Å². The van der Waals surface area contributed by atoms with Gasteiger partial charge in [-0.15, -0.1) is 0 Å². The van der Waals surface area contributed by atoms with E-state index in [0.29, 0.717) is 32.5 Å². The van der Waals surface area contributed by atoms with E-state index in [9.17, 15) is 9.18 Å². The molecule has 0 saturated carbocycles. The normalized spacial score (nSPS) is 25.8. The molecule has 1 saturated heterocycles. The number of piperidine rings is 1. The van der Waals surface area contributed by atoms with Crippen LogP contribution in [-0.2, 0) is 4.74 Å². The Morgan fingerprint density at radius 1 is 1.53 bits per heavy atom. The standard InChI is InChI=1S/C12H23FN2O2/c1-12(2,3)17-11(16)15-7-5-10(13)9(8-15)4-6-14/h9-10H,4-8,14H2,1-3H3. The molecule has 5 heteroatoms. The van der Waals surface area contributed by atoms with Gasteiger partial charge in [0, 0.05) is 19.0 Å². The second-order valence-electron chi connectivity index (χ2n) is 5.57. The van der Waals surface area contributed by atoms with Crippen LogP contribution in [0.5, 0.6) is 0 Å². The third-order valence-electron chi connectivity index (χ3n) is 2.83. The Kier molecular flexibility index (Phi) is 4.74. The number of nitrogens with two attached hydrogens (primary N) is 1. The van der Waals surface area contributed by atoms with E-state index in [1.165, 1.54) is 0 Å². The molecule has 0 aliphatic carbocycles. The van der Waals surface area contributed by atoms with Crippen LogP contribution in [0.15, 0.2) is 0 Å². The van der Waals surface area contributed by atoms with Crippen molar-refractivity contribution in [1.82, 2.24) is 4.90 Å². The van der Waals surface area contributed by atoms with Crippen LogP contribution >= 0.6 is 0 Å². The summed E-state index contributed by atoms with van der Waals surface area (Å²) in [5.41, 5.74) is 4.94. The van der Waals surface area contributed by atoms with Crippen molar-refractivity contribution < 1.29 is 13.9 Å². The van der Waals surface area contributed by atoms with Crippen LogP contribution < -0.4 is 5.73 Å². The van der Waals surface area contributed by atoms with Crippen LogP contribution in [0.25, 0.3) is 0 Å². The SMILES string of the molecule is CC(C)(C)OC(=O)N1CCC(F)C(CCN)C1. The summed E-state index contributed by atoms with van der Waals surface area (Å²) in [6, 6.07) is 0. The molecule has 2 atom stereocenters. The first-order valence-corrected chi connectivity index (χ1v) is 6.15. The zero-order valence-electron chi connectivity index (χ0n) is 10.9. The minimum atomic E-state index is -0.850. The quantitative estimate of drug-likeness (QED) is 0.810. The average molecular weight is 246 g/mol. The van der Waals surface area contributed by atoms with Gasteiger partial charge in [0.25, 0.3) is 0 Å². The average Bonchev–Trinajstić information content (AvgIpc) is 2.19. The number of hydrogen-bond acceptors (Lipinski definition) is 3. The molecule has 100 valence electrons. The van der Waals surface area contributed by atoms with Gasteiger partial charge in [-0.1, -0.05) is 0 Å². The van der Waals surface area contributed by atoms with Gasteiger partial charge in [-0.25, -0.2) is 9.18 Å². The Morgan fingerprint density at radius 2 is 2.18 bits per heavy atom. The molecule has 2 unspecified atom stereocenters. The number of carbonyl (C=O) groups is 1. The van der Waals surface area contributed by atoms with Gasteiger partial charge < -0.3 is 15.4 Å². The molecule has 0 bridgehead atoms. The van der Waals surface area contributed by atoms with Gasteiger partial charge in [0.2, 0.25) is 0 Å². The zero-order valence-corrected chi connectivity index (χ0v) is 10.9. The van der Waals surface area contributed by atoms with Crippen molar-refractivity contribution in [2.75, 3.05) is 19.6 Å². The van der Waals surface area contributed by atoms with Crippen molar-refractivity contribution in [3.63, 3.8) is 0 Å². The van der Waals surface area contributed by atoms with Crippen LogP contribution in [-0.4, -0.2) is 42.4 Å². The molecule has 1 rings (SSSR count). The Balaban J connectivity index is 2.52. The molecule has 0 radical (unpaired) electrons. The lowest BCUT2D eigenvalue weighted by molar-refractivity contribution is 0.00606. The highest BCUT2D eigenvalue weighted by Gasteiger charge is 2.32. The minimum Gasteiger partial charge on any atom is -0.444 e. The molecular weight excluding hydrogens is 223 g/mol. The summed E-state index contributed by atoms with van der Waals surface area (Å²) in [5, 5.41) is 0. The lowest BCUT2D eigenvalue weighted by Crippen LogP contribution is -2.47. The second kappa shape index (κ2) is 5.67. The third kappa shape index (κ3) is 4.50. The number of amides is 1. The van der Waals surface area contributed by atoms with Gasteiger partial charge in [-0.3, -0.25) is 0 Å². The first-order chi connectivity index (χ1) is 7.83. The first-order valence-electron chi connectivity index (χ1n) is 6.15. The van der Waals surface area contributed by atoms with E-state index in [1.54, 1.807) is 4.90 Å². The molecule has 1 heterocycles. The fourth-order valence-corrected chi connectivity index (χ4v) is 1.98. The molecule has 2 N–H and O–H groups in total. The van der Waals surface area contributed by atoms with Gasteiger partial charge in [0.15, 0.2) is 0 Å². The van der Waals surface area contributed by atoms with Crippen molar-refractivity contribution in [1.29, 1.82) is 0 Å².